The standard InChI is InChI=1S/C14H18N4OS2/c1-8(2)11-12(20-7-15-11)13(19)17-14-16-9-4-5-18(3)6-10(9)21-14/h7-8H,4-6H2,1-3H3,(H,16,17,19). The highest BCUT2D eigenvalue weighted by atomic mass is 32.1. The lowest BCUT2D eigenvalue weighted by Gasteiger charge is -2.20. The molecule has 1 N–H and O–H groups in total. The molecule has 112 valence electrons. The van der Waals surface area contributed by atoms with Crippen molar-refractivity contribution in [3.05, 3.63) is 26.7 Å². The summed E-state index contributed by atoms with van der Waals surface area (Å²) < 4.78 is 0. The van der Waals surface area contributed by atoms with Gasteiger partial charge in [0.15, 0.2) is 5.13 Å². The molecule has 0 radical (unpaired) electrons. The first-order valence-electron chi connectivity index (χ1n) is 6.96. The third kappa shape index (κ3) is 3.00. The summed E-state index contributed by atoms with van der Waals surface area (Å²) in [6.07, 6.45) is 0.954. The molecule has 1 aliphatic rings. The molecule has 2 aromatic rings. The van der Waals surface area contributed by atoms with Crippen LogP contribution in [0.2, 0.25) is 0 Å². The van der Waals surface area contributed by atoms with E-state index < -0.39 is 0 Å². The number of fused-ring (bicyclic) bond motifs is 1. The molecular weight excluding hydrogens is 304 g/mol. The van der Waals surface area contributed by atoms with Gasteiger partial charge < -0.3 is 4.90 Å². The van der Waals surface area contributed by atoms with Crippen LogP contribution in [0, 0.1) is 0 Å². The summed E-state index contributed by atoms with van der Waals surface area (Å²) in [6, 6.07) is 0. The van der Waals surface area contributed by atoms with Crippen LogP contribution < -0.4 is 5.32 Å². The fraction of sp³-hybridized carbons (Fsp3) is 0.500. The van der Waals surface area contributed by atoms with Gasteiger partial charge in [-0.2, -0.15) is 0 Å². The van der Waals surface area contributed by atoms with Gasteiger partial charge in [-0.15, -0.1) is 22.7 Å². The van der Waals surface area contributed by atoms with Gasteiger partial charge in [0.05, 0.1) is 16.9 Å². The predicted octanol–water partition coefficient (Wildman–Crippen LogP) is 2.96. The smallest absolute Gasteiger partial charge is 0.269 e. The number of aromatic nitrogens is 2. The van der Waals surface area contributed by atoms with Crippen molar-refractivity contribution in [3.63, 3.8) is 0 Å². The van der Waals surface area contributed by atoms with Gasteiger partial charge in [-0.1, -0.05) is 13.8 Å². The number of hydrogen-bond donors (Lipinski definition) is 1. The molecular formula is C14H18N4OS2. The van der Waals surface area contributed by atoms with Crippen LogP contribution in [-0.2, 0) is 13.0 Å². The topological polar surface area (TPSA) is 58.1 Å². The first kappa shape index (κ1) is 14.6. The Morgan fingerprint density at radius 3 is 3.05 bits per heavy atom. The summed E-state index contributed by atoms with van der Waals surface area (Å²) in [5.74, 6) is 0.149. The second-order valence-electron chi connectivity index (χ2n) is 5.55. The second kappa shape index (κ2) is 5.82. The fourth-order valence-corrected chi connectivity index (χ4v) is 4.29. The van der Waals surface area contributed by atoms with Gasteiger partial charge in [0.1, 0.15) is 4.88 Å². The van der Waals surface area contributed by atoms with E-state index in [4.69, 9.17) is 0 Å². The van der Waals surface area contributed by atoms with E-state index in [2.05, 4.69) is 27.2 Å². The number of carbonyl (C=O) groups is 1. The molecule has 3 rings (SSSR count). The highest BCUT2D eigenvalue weighted by Gasteiger charge is 2.21. The molecule has 7 heteroatoms. The van der Waals surface area contributed by atoms with Crippen molar-refractivity contribution in [2.45, 2.75) is 32.7 Å². The molecule has 0 atom stereocenters. The summed E-state index contributed by atoms with van der Waals surface area (Å²) in [7, 11) is 2.10. The van der Waals surface area contributed by atoms with Crippen LogP contribution in [0.15, 0.2) is 5.51 Å². The summed E-state index contributed by atoms with van der Waals surface area (Å²) in [4.78, 5) is 25.5. The largest absolute Gasteiger partial charge is 0.301 e. The van der Waals surface area contributed by atoms with Gasteiger partial charge in [0.2, 0.25) is 0 Å². The summed E-state index contributed by atoms with van der Waals surface area (Å²) in [6.45, 7) is 6.03. The maximum absolute atomic E-state index is 12.4. The van der Waals surface area contributed by atoms with Gasteiger partial charge in [-0.05, 0) is 13.0 Å². The third-order valence-electron chi connectivity index (χ3n) is 3.49. The van der Waals surface area contributed by atoms with Crippen LogP contribution in [0.1, 0.15) is 45.7 Å². The Morgan fingerprint density at radius 2 is 2.29 bits per heavy atom. The van der Waals surface area contributed by atoms with Crippen molar-refractivity contribution in [3.8, 4) is 0 Å². The number of amides is 1. The van der Waals surface area contributed by atoms with Gasteiger partial charge in [-0.3, -0.25) is 10.1 Å². The highest BCUT2D eigenvalue weighted by Crippen LogP contribution is 2.29. The van der Waals surface area contributed by atoms with E-state index in [1.807, 2.05) is 13.8 Å². The molecule has 1 aliphatic heterocycles. The Labute approximate surface area is 132 Å². The zero-order valence-corrected chi connectivity index (χ0v) is 14.0. The van der Waals surface area contributed by atoms with Crippen molar-refractivity contribution in [1.82, 2.24) is 14.9 Å². The SMILES string of the molecule is CC(C)c1ncsc1C(=O)Nc1nc2c(s1)CN(C)CC2. The molecule has 0 spiro atoms. The average molecular weight is 322 g/mol. The molecule has 3 heterocycles. The van der Waals surface area contributed by atoms with E-state index in [1.165, 1.54) is 16.2 Å². The lowest BCUT2D eigenvalue weighted by Crippen LogP contribution is -2.25. The number of hydrogen-bond acceptors (Lipinski definition) is 6. The number of nitrogens with zero attached hydrogens (tertiary/aromatic N) is 3. The van der Waals surface area contributed by atoms with Crippen molar-refractivity contribution >= 4 is 33.7 Å². The van der Waals surface area contributed by atoms with Crippen LogP contribution in [-0.4, -0.2) is 34.4 Å². The molecule has 0 unspecified atom stereocenters. The molecule has 1 amide bonds. The van der Waals surface area contributed by atoms with Gasteiger partial charge >= 0.3 is 0 Å². The molecule has 0 saturated carbocycles. The van der Waals surface area contributed by atoms with E-state index in [0.29, 0.717) is 10.0 Å². The summed E-state index contributed by atoms with van der Waals surface area (Å²) in [5, 5.41) is 3.63. The molecule has 21 heavy (non-hydrogen) atoms. The van der Waals surface area contributed by atoms with E-state index >= 15 is 0 Å². The Hall–Kier alpha value is -1.31. The molecule has 5 nitrogen and oxygen atoms in total. The first-order valence-corrected chi connectivity index (χ1v) is 8.66. The van der Waals surface area contributed by atoms with E-state index in [0.717, 1.165) is 30.9 Å². The minimum Gasteiger partial charge on any atom is -0.301 e. The van der Waals surface area contributed by atoms with E-state index in [-0.39, 0.29) is 11.8 Å². The van der Waals surface area contributed by atoms with Crippen LogP contribution in [0.25, 0.3) is 0 Å². The average Bonchev–Trinajstić information content (AvgIpc) is 3.03. The summed E-state index contributed by atoms with van der Waals surface area (Å²) in [5.41, 5.74) is 3.71. The molecule has 2 aromatic heterocycles. The van der Waals surface area contributed by atoms with Crippen molar-refractivity contribution in [2.75, 3.05) is 18.9 Å². The predicted molar refractivity (Wildman–Crippen MR) is 86.3 cm³/mol. The maximum atomic E-state index is 12.4. The molecule has 0 fully saturated rings. The monoisotopic (exact) mass is 322 g/mol. The summed E-state index contributed by atoms with van der Waals surface area (Å²) >= 11 is 2.96. The minimum absolute atomic E-state index is 0.0966. The van der Waals surface area contributed by atoms with Gasteiger partial charge in [0.25, 0.3) is 5.91 Å². The Morgan fingerprint density at radius 1 is 1.48 bits per heavy atom. The van der Waals surface area contributed by atoms with E-state index in [1.54, 1.807) is 16.8 Å². The van der Waals surface area contributed by atoms with Crippen LogP contribution in [0.5, 0.6) is 0 Å². The first-order chi connectivity index (χ1) is 10.0. The number of thiazole rings is 2. The second-order valence-corrected chi connectivity index (χ2v) is 7.49. The van der Waals surface area contributed by atoms with Crippen LogP contribution in [0.3, 0.4) is 0 Å². The quantitative estimate of drug-likeness (QED) is 0.944. The molecule has 0 bridgehead atoms. The minimum atomic E-state index is -0.0966. The Balaban J connectivity index is 1.78. The van der Waals surface area contributed by atoms with Gasteiger partial charge in [0, 0.05) is 24.4 Å². The normalized spacial score (nSPS) is 15.2. The van der Waals surface area contributed by atoms with Crippen molar-refractivity contribution in [1.29, 1.82) is 0 Å². The number of likely N-dealkylation sites (N-methyl/N-ethyl adjacent to an activating group) is 1. The van der Waals surface area contributed by atoms with Crippen LogP contribution >= 0.6 is 22.7 Å². The van der Waals surface area contributed by atoms with E-state index in [9.17, 15) is 4.79 Å². The fourth-order valence-electron chi connectivity index (χ4n) is 2.37. The molecule has 0 aliphatic carbocycles. The Kier molecular flexibility index (Phi) is 4.05. The molecule has 0 saturated heterocycles. The highest BCUT2D eigenvalue weighted by molar-refractivity contribution is 7.16. The number of carbonyl (C=O) groups excluding carboxylic acids is 1. The van der Waals surface area contributed by atoms with Crippen molar-refractivity contribution < 1.29 is 4.79 Å². The third-order valence-corrected chi connectivity index (χ3v) is 5.33. The zero-order valence-electron chi connectivity index (χ0n) is 12.3. The number of rotatable bonds is 3. The lowest BCUT2D eigenvalue weighted by atomic mass is 10.1. The number of nitrogens with one attached hydrogen (secondary N) is 1. The lowest BCUT2D eigenvalue weighted by molar-refractivity contribution is 0.102. The number of anilines is 1. The van der Waals surface area contributed by atoms with Crippen LogP contribution in [0.4, 0.5) is 5.13 Å². The van der Waals surface area contributed by atoms with Gasteiger partial charge in [-0.25, -0.2) is 9.97 Å². The Bertz CT molecular complexity index is 662. The zero-order chi connectivity index (χ0) is 15.0. The maximum Gasteiger partial charge on any atom is 0.269 e. The molecule has 0 aromatic carbocycles. The van der Waals surface area contributed by atoms with Crippen molar-refractivity contribution in [2.24, 2.45) is 0 Å².